The first kappa shape index (κ1) is 15.6. The minimum atomic E-state index is -0.853. The zero-order valence-electron chi connectivity index (χ0n) is 12.3. The number of aromatic hydroxyl groups is 1. The van der Waals surface area contributed by atoms with Gasteiger partial charge in [-0.3, -0.25) is 25.2 Å². The lowest BCUT2D eigenvalue weighted by Gasteiger charge is -2.14. The lowest BCUT2D eigenvalue weighted by molar-refractivity contribution is -0.119. The Morgan fingerprint density at radius 1 is 1.23 bits per heavy atom. The Morgan fingerprint density at radius 3 is 2.55 bits per heavy atom. The third-order valence-corrected chi connectivity index (χ3v) is 3.17. The average molecular weight is 303 g/mol. The molecule has 0 bridgehead atoms. The lowest BCUT2D eigenvalue weighted by Crippen LogP contribution is -2.43. The summed E-state index contributed by atoms with van der Waals surface area (Å²) in [5.74, 6) is -1.73. The normalized spacial score (nSPS) is 10.5. The highest BCUT2D eigenvalue weighted by atomic mass is 16.3. The van der Waals surface area contributed by atoms with Crippen molar-refractivity contribution in [3.05, 3.63) is 40.2 Å². The van der Waals surface area contributed by atoms with Crippen molar-refractivity contribution >= 4 is 22.7 Å². The number of hydrazine groups is 1. The number of rotatable bonds is 3. The minimum absolute atomic E-state index is 0.388. The molecule has 0 aliphatic rings. The summed E-state index contributed by atoms with van der Waals surface area (Å²) in [6, 6.07) is 6.80. The van der Waals surface area contributed by atoms with Crippen LogP contribution in [-0.4, -0.2) is 21.5 Å². The Labute approximate surface area is 126 Å². The van der Waals surface area contributed by atoms with Crippen LogP contribution in [0.4, 0.5) is 0 Å². The first-order valence-electron chi connectivity index (χ1n) is 6.88. The van der Waals surface area contributed by atoms with Crippen molar-refractivity contribution in [3.63, 3.8) is 0 Å². The highest BCUT2D eigenvalue weighted by molar-refractivity contribution is 6.02. The summed E-state index contributed by atoms with van der Waals surface area (Å²) in [5.41, 5.74) is 3.78. The van der Waals surface area contributed by atoms with Crippen LogP contribution >= 0.6 is 0 Å². The second-order valence-electron chi connectivity index (χ2n) is 4.83. The zero-order chi connectivity index (χ0) is 16.3. The van der Waals surface area contributed by atoms with Crippen molar-refractivity contribution in [2.75, 3.05) is 0 Å². The Hall–Kier alpha value is -2.83. The second-order valence-corrected chi connectivity index (χ2v) is 4.83. The number of nitrogens with one attached hydrogen (secondary N) is 2. The van der Waals surface area contributed by atoms with Gasteiger partial charge < -0.3 is 9.67 Å². The van der Waals surface area contributed by atoms with Crippen LogP contribution in [0, 0.1) is 0 Å². The van der Waals surface area contributed by atoms with Gasteiger partial charge in [-0.15, -0.1) is 0 Å². The van der Waals surface area contributed by atoms with Crippen LogP contribution in [0.1, 0.15) is 30.6 Å². The number of benzene rings is 1. The second kappa shape index (κ2) is 6.30. The molecule has 2 rings (SSSR count). The Kier molecular flexibility index (Phi) is 4.45. The molecule has 0 fully saturated rings. The number of para-hydroxylation sites is 1. The average Bonchev–Trinajstić information content (AvgIpc) is 2.49. The van der Waals surface area contributed by atoms with E-state index in [4.69, 9.17) is 0 Å². The third-order valence-electron chi connectivity index (χ3n) is 3.17. The summed E-state index contributed by atoms with van der Waals surface area (Å²) in [7, 11) is 0. The first-order valence-corrected chi connectivity index (χ1v) is 6.88. The molecule has 0 atom stereocenters. The molecule has 2 aromatic rings. The number of carbonyl (C=O) groups is 2. The van der Waals surface area contributed by atoms with Crippen molar-refractivity contribution in [2.45, 2.75) is 26.8 Å². The molecule has 0 unspecified atom stereocenters. The summed E-state index contributed by atoms with van der Waals surface area (Å²) in [6.45, 7) is 3.54. The molecule has 0 aliphatic heterocycles. The Morgan fingerprint density at radius 2 is 1.91 bits per heavy atom. The van der Waals surface area contributed by atoms with Crippen LogP contribution in [-0.2, 0) is 11.3 Å². The first-order chi connectivity index (χ1) is 10.5. The largest absolute Gasteiger partial charge is 0.506 e. The van der Waals surface area contributed by atoms with E-state index in [0.717, 1.165) is 0 Å². The molecule has 22 heavy (non-hydrogen) atoms. The number of aryl methyl sites for hydroxylation is 1. The van der Waals surface area contributed by atoms with Gasteiger partial charge in [-0.1, -0.05) is 19.1 Å². The summed E-state index contributed by atoms with van der Waals surface area (Å²) >= 11 is 0. The molecular weight excluding hydrogens is 286 g/mol. The molecule has 1 aromatic heterocycles. The van der Waals surface area contributed by atoms with E-state index in [1.807, 2.05) is 6.92 Å². The Bertz CT molecular complexity index is 795. The van der Waals surface area contributed by atoms with E-state index in [9.17, 15) is 19.5 Å². The van der Waals surface area contributed by atoms with Gasteiger partial charge >= 0.3 is 0 Å². The summed E-state index contributed by atoms with van der Waals surface area (Å²) < 4.78 is 1.44. The number of carbonyl (C=O) groups excluding carboxylic acids is 2. The number of hydrogen-bond acceptors (Lipinski definition) is 4. The molecule has 0 saturated heterocycles. The van der Waals surface area contributed by atoms with Gasteiger partial charge in [0.15, 0.2) is 0 Å². The maximum absolute atomic E-state index is 12.5. The number of aromatic nitrogens is 1. The van der Waals surface area contributed by atoms with E-state index in [1.54, 1.807) is 24.3 Å². The highest BCUT2D eigenvalue weighted by Crippen LogP contribution is 2.26. The fourth-order valence-corrected chi connectivity index (χ4v) is 2.25. The maximum Gasteiger partial charge on any atom is 0.279 e. The predicted octanol–water partition coefficient (Wildman–Crippen LogP) is 0.898. The fourth-order valence-electron chi connectivity index (χ4n) is 2.25. The molecule has 0 radical (unpaired) electrons. The van der Waals surface area contributed by atoms with Crippen LogP contribution in [0.15, 0.2) is 29.1 Å². The quantitative estimate of drug-likeness (QED) is 0.733. The zero-order valence-corrected chi connectivity index (χ0v) is 12.3. The van der Waals surface area contributed by atoms with E-state index in [-0.39, 0.29) is 5.56 Å². The van der Waals surface area contributed by atoms with Gasteiger partial charge in [0.05, 0.1) is 5.52 Å². The molecule has 7 heteroatoms. The number of pyridine rings is 1. The van der Waals surface area contributed by atoms with E-state index >= 15 is 0 Å². The number of hydrogen-bond donors (Lipinski definition) is 3. The topological polar surface area (TPSA) is 100 Å². The smallest absolute Gasteiger partial charge is 0.279 e. The summed E-state index contributed by atoms with van der Waals surface area (Å²) in [6.07, 6.45) is 0.696. The molecule has 0 spiro atoms. The summed E-state index contributed by atoms with van der Waals surface area (Å²) in [4.78, 5) is 35.5. The van der Waals surface area contributed by atoms with Gasteiger partial charge in [0.2, 0.25) is 5.91 Å². The van der Waals surface area contributed by atoms with Gasteiger partial charge in [0.25, 0.3) is 11.5 Å². The Balaban J connectivity index is 2.66. The van der Waals surface area contributed by atoms with Crippen LogP contribution in [0.3, 0.4) is 0 Å². The number of amides is 2. The van der Waals surface area contributed by atoms with Crippen LogP contribution in [0.5, 0.6) is 5.75 Å². The van der Waals surface area contributed by atoms with Gasteiger partial charge in [0, 0.05) is 18.9 Å². The van der Waals surface area contributed by atoms with E-state index < -0.39 is 23.1 Å². The maximum atomic E-state index is 12.5. The van der Waals surface area contributed by atoms with Gasteiger partial charge in [-0.2, -0.15) is 0 Å². The molecule has 3 N–H and O–H groups in total. The predicted molar refractivity (Wildman–Crippen MR) is 81.4 cm³/mol. The number of fused-ring (bicyclic) bond motifs is 1. The number of nitrogens with zero attached hydrogens (tertiary/aromatic N) is 1. The van der Waals surface area contributed by atoms with Crippen molar-refractivity contribution in [1.29, 1.82) is 0 Å². The molecule has 7 nitrogen and oxygen atoms in total. The SMILES string of the molecule is CCCn1c(=O)c(C(=O)NNC(C)=O)c(O)c2ccccc21. The standard InChI is InChI=1S/C15H17N3O4/c1-3-8-18-11-7-5-4-6-10(11)13(20)12(15(18)22)14(21)17-16-9(2)19/h4-7,20H,3,8H2,1-2H3,(H,16,19)(H,17,21). The van der Waals surface area contributed by atoms with E-state index in [2.05, 4.69) is 10.9 Å². The van der Waals surface area contributed by atoms with Crippen LogP contribution < -0.4 is 16.4 Å². The van der Waals surface area contributed by atoms with Gasteiger partial charge in [-0.25, -0.2) is 0 Å². The van der Waals surface area contributed by atoms with Crippen LogP contribution in [0.25, 0.3) is 10.9 Å². The van der Waals surface area contributed by atoms with E-state index in [0.29, 0.717) is 23.9 Å². The van der Waals surface area contributed by atoms with Crippen LogP contribution in [0.2, 0.25) is 0 Å². The van der Waals surface area contributed by atoms with Crippen molar-refractivity contribution in [1.82, 2.24) is 15.4 Å². The molecule has 0 aliphatic carbocycles. The molecule has 1 heterocycles. The van der Waals surface area contributed by atoms with Gasteiger partial charge in [-0.05, 0) is 18.6 Å². The highest BCUT2D eigenvalue weighted by Gasteiger charge is 2.21. The lowest BCUT2D eigenvalue weighted by atomic mass is 10.1. The third kappa shape index (κ3) is 2.78. The molecule has 2 amide bonds. The fraction of sp³-hybridized carbons (Fsp3) is 0.267. The molecule has 116 valence electrons. The van der Waals surface area contributed by atoms with Crippen molar-refractivity contribution in [2.24, 2.45) is 0 Å². The monoisotopic (exact) mass is 303 g/mol. The van der Waals surface area contributed by atoms with Crippen molar-refractivity contribution < 1.29 is 14.7 Å². The van der Waals surface area contributed by atoms with Crippen molar-refractivity contribution in [3.8, 4) is 5.75 Å². The van der Waals surface area contributed by atoms with Gasteiger partial charge in [0.1, 0.15) is 11.3 Å². The molecular formula is C15H17N3O4. The minimum Gasteiger partial charge on any atom is -0.506 e. The van der Waals surface area contributed by atoms with E-state index in [1.165, 1.54) is 11.5 Å². The molecule has 1 aromatic carbocycles. The summed E-state index contributed by atoms with van der Waals surface area (Å²) in [5, 5.41) is 10.7. The molecule has 0 saturated carbocycles.